The van der Waals surface area contributed by atoms with E-state index in [1.165, 1.54) is 0 Å². The second-order valence-electron chi connectivity index (χ2n) is 13.4. The number of nitrogens with zero attached hydrogens (tertiary/aromatic N) is 2. The molecule has 276 valence electrons. The molecule has 8 nitrogen and oxygen atoms in total. The zero-order valence-electron chi connectivity index (χ0n) is 28.6. The zero-order chi connectivity index (χ0) is 37.0. The number of aromatic nitrogens is 1. The van der Waals surface area contributed by atoms with Gasteiger partial charge in [0.1, 0.15) is 16.9 Å². The minimum Gasteiger partial charge on any atom is -0.485 e. The van der Waals surface area contributed by atoms with E-state index < -0.39 is 21.1 Å². The molecule has 1 aliphatic rings. The van der Waals surface area contributed by atoms with Crippen molar-refractivity contribution < 1.29 is 36.2 Å². The van der Waals surface area contributed by atoms with Crippen LogP contribution in [0, 0.1) is 0 Å². The number of benzene rings is 3. The number of alkyl halides is 3. The normalized spacial score (nSPS) is 15.7. The van der Waals surface area contributed by atoms with Gasteiger partial charge in [0.2, 0.25) is 0 Å². The van der Waals surface area contributed by atoms with Crippen LogP contribution in [-0.2, 0) is 14.8 Å². The lowest BCUT2D eigenvalue weighted by atomic mass is 9.84. The van der Waals surface area contributed by atoms with Crippen LogP contribution < -0.4 is 10.1 Å². The van der Waals surface area contributed by atoms with E-state index >= 15 is 0 Å². The molecule has 2 heterocycles. The molecular formula is C37H42Cl2F3N3O5S. The number of rotatable bonds is 14. The summed E-state index contributed by atoms with van der Waals surface area (Å²) < 4.78 is 76.9. The van der Waals surface area contributed by atoms with Crippen LogP contribution in [0.5, 0.6) is 5.75 Å². The highest BCUT2D eigenvalue weighted by molar-refractivity contribution is 7.90. The van der Waals surface area contributed by atoms with E-state index in [-0.39, 0.29) is 50.6 Å². The molecule has 2 N–H and O–H groups in total. The molecule has 1 saturated heterocycles. The van der Waals surface area contributed by atoms with Gasteiger partial charge in [0.15, 0.2) is 0 Å². The molecular weight excluding hydrogens is 726 g/mol. The molecule has 14 heteroatoms. The van der Waals surface area contributed by atoms with Gasteiger partial charge >= 0.3 is 15.5 Å². The second kappa shape index (κ2) is 16.3. The van der Waals surface area contributed by atoms with Gasteiger partial charge in [-0.15, -0.1) is 0 Å². The van der Waals surface area contributed by atoms with Crippen molar-refractivity contribution in [3.05, 3.63) is 99.7 Å². The molecule has 5 rings (SSSR count). The van der Waals surface area contributed by atoms with Crippen molar-refractivity contribution in [1.82, 2.24) is 9.29 Å². The third-order valence-corrected chi connectivity index (χ3v) is 11.2. The Labute approximate surface area is 306 Å². The van der Waals surface area contributed by atoms with Crippen LogP contribution in [0.15, 0.2) is 72.9 Å². The number of hydrogen-bond acceptors (Lipinski definition) is 7. The molecule has 3 aromatic carbocycles. The highest BCUT2D eigenvalue weighted by Crippen LogP contribution is 2.41. The van der Waals surface area contributed by atoms with Gasteiger partial charge in [-0.3, -0.25) is 4.98 Å². The first-order valence-corrected chi connectivity index (χ1v) is 19.0. The topological polar surface area (TPSA) is 101 Å². The lowest BCUT2D eigenvalue weighted by Gasteiger charge is -2.33. The van der Waals surface area contributed by atoms with E-state index in [2.05, 4.69) is 5.32 Å². The van der Waals surface area contributed by atoms with Crippen molar-refractivity contribution in [3.8, 4) is 5.75 Å². The van der Waals surface area contributed by atoms with E-state index in [1.807, 2.05) is 81.4 Å². The van der Waals surface area contributed by atoms with Crippen molar-refractivity contribution in [2.45, 2.75) is 75.6 Å². The molecule has 1 unspecified atom stereocenters. The Bertz CT molecular complexity index is 1840. The smallest absolute Gasteiger partial charge is 0.485 e. The third kappa shape index (κ3) is 9.65. The number of fused-ring (bicyclic) bond motifs is 1. The fourth-order valence-corrected chi connectivity index (χ4v) is 7.46. The lowest BCUT2D eigenvalue weighted by molar-refractivity contribution is -0.0494. The van der Waals surface area contributed by atoms with Gasteiger partial charge in [-0.1, -0.05) is 47.5 Å². The van der Waals surface area contributed by atoms with E-state index in [0.29, 0.717) is 50.8 Å². The second-order valence-corrected chi connectivity index (χ2v) is 16.2. The van der Waals surface area contributed by atoms with Crippen molar-refractivity contribution in [2.75, 3.05) is 31.6 Å². The lowest BCUT2D eigenvalue weighted by Crippen LogP contribution is -2.47. The molecule has 1 aliphatic heterocycles. The highest BCUT2D eigenvalue weighted by Gasteiger charge is 2.50. The summed E-state index contributed by atoms with van der Waals surface area (Å²) in [6, 6.07) is 20.7. The Morgan fingerprint density at radius 2 is 1.55 bits per heavy atom. The van der Waals surface area contributed by atoms with Gasteiger partial charge in [-0.2, -0.15) is 17.5 Å². The Balaban J connectivity index is 1.55. The average Bonchev–Trinajstić information content (AvgIpc) is 3.06. The monoisotopic (exact) mass is 767 g/mol. The fraction of sp³-hybridized carbons (Fsp3) is 0.432. The van der Waals surface area contributed by atoms with E-state index in [9.17, 15) is 26.7 Å². The number of anilines is 1. The van der Waals surface area contributed by atoms with Gasteiger partial charge < -0.3 is 19.9 Å². The Kier molecular flexibility index (Phi) is 12.5. The Hall–Kier alpha value is -3.13. The van der Waals surface area contributed by atoms with Crippen molar-refractivity contribution in [1.29, 1.82) is 0 Å². The zero-order valence-corrected chi connectivity index (χ0v) is 30.9. The van der Waals surface area contributed by atoms with Crippen LogP contribution >= 0.6 is 23.2 Å². The number of aliphatic hydroxyl groups excluding tert-OH is 1. The molecule has 4 aromatic rings. The van der Waals surface area contributed by atoms with E-state index in [0.717, 1.165) is 22.1 Å². The standard InChI is InChI=1S/C37H42Cl2F3N3O5S/c1-24(15-20-46)49-21-16-36(2,3)50-33-23-27(34(25-4-8-28(38)9-5-25)26-6-10-29(39)11-7-26)22-31-32(12-17-43-35(31)33)44-30-13-18-45(19-14-30)51(47,48)37(40,41)42/h4-12,17,22-24,30,34,46H,13-16,18-21H2,1-3H3,(H,43,44). The van der Waals surface area contributed by atoms with Gasteiger partial charge in [0, 0.05) is 65.4 Å². The first kappa shape index (κ1) is 39.1. The summed E-state index contributed by atoms with van der Waals surface area (Å²) in [7, 11) is -5.40. The summed E-state index contributed by atoms with van der Waals surface area (Å²) in [4.78, 5) is 4.72. The number of nitrogens with one attached hydrogen (secondary N) is 1. The molecule has 51 heavy (non-hydrogen) atoms. The maximum atomic E-state index is 13.2. The predicted octanol–water partition coefficient (Wildman–Crippen LogP) is 8.78. The van der Waals surface area contributed by atoms with Gasteiger partial charge in [-0.05, 0) is 99.2 Å². The molecule has 1 atom stereocenters. The first-order valence-electron chi connectivity index (χ1n) is 16.8. The van der Waals surface area contributed by atoms with Crippen LogP contribution in [0.25, 0.3) is 10.9 Å². The van der Waals surface area contributed by atoms with Crippen LogP contribution in [0.3, 0.4) is 0 Å². The Morgan fingerprint density at radius 3 is 2.10 bits per heavy atom. The minimum absolute atomic E-state index is 0.0378. The largest absolute Gasteiger partial charge is 0.511 e. The number of sulfonamides is 1. The molecule has 0 spiro atoms. The molecule has 0 radical (unpaired) electrons. The quantitative estimate of drug-likeness (QED) is 0.124. The van der Waals surface area contributed by atoms with Crippen LogP contribution in [-0.4, -0.2) is 72.4 Å². The maximum absolute atomic E-state index is 13.2. The summed E-state index contributed by atoms with van der Waals surface area (Å²) >= 11 is 12.6. The SMILES string of the molecule is CC(CCO)OCCC(C)(C)Oc1cc(C(c2ccc(Cl)cc2)c2ccc(Cl)cc2)cc2c(NC3CCN(S(=O)(=O)C(F)(F)F)CC3)ccnc12. The van der Waals surface area contributed by atoms with Gasteiger partial charge in [0.05, 0.1) is 12.7 Å². The fourth-order valence-electron chi connectivity index (χ4n) is 6.23. The van der Waals surface area contributed by atoms with Gasteiger partial charge in [-0.25, -0.2) is 8.42 Å². The summed E-state index contributed by atoms with van der Waals surface area (Å²) in [5.41, 5.74) is -1.95. The third-order valence-electron chi connectivity index (χ3n) is 9.05. The number of aliphatic hydroxyl groups is 1. The van der Waals surface area contributed by atoms with Crippen LogP contribution in [0.1, 0.15) is 69.1 Å². The molecule has 0 aliphatic carbocycles. The summed E-state index contributed by atoms with van der Waals surface area (Å²) in [6.07, 6.45) is 2.98. The molecule has 1 aromatic heterocycles. The van der Waals surface area contributed by atoms with Crippen molar-refractivity contribution >= 4 is 49.8 Å². The van der Waals surface area contributed by atoms with Crippen molar-refractivity contribution in [2.24, 2.45) is 0 Å². The number of halogens is 5. The van der Waals surface area contributed by atoms with Crippen LogP contribution in [0.2, 0.25) is 10.0 Å². The summed E-state index contributed by atoms with van der Waals surface area (Å²) in [5, 5.41) is 14.6. The minimum atomic E-state index is -5.40. The van der Waals surface area contributed by atoms with E-state index in [4.69, 9.17) is 37.7 Å². The van der Waals surface area contributed by atoms with Gasteiger partial charge in [0.25, 0.3) is 0 Å². The highest BCUT2D eigenvalue weighted by atomic mass is 35.5. The van der Waals surface area contributed by atoms with E-state index in [1.54, 1.807) is 12.3 Å². The van der Waals surface area contributed by atoms with Crippen molar-refractivity contribution in [3.63, 3.8) is 0 Å². The molecule has 0 amide bonds. The molecule has 0 saturated carbocycles. The maximum Gasteiger partial charge on any atom is 0.511 e. The number of pyridine rings is 1. The Morgan fingerprint density at radius 1 is 0.961 bits per heavy atom. The number of hydrogen-bond donors (Lipinski definition) is 2. The average molecular weight is 769 g/mol. The summed E-state index contributed by atoms with van der Waals surface area (Å²) in [6.45, 7) is 5.77. The predicted molar refractivity (Wildman–Crippen MR) is 195 cm³/mol. The number of ether oxygens (including phenoxy) is 2. The molecule has 0 bridgehead atoms. The number of piperidine rings is 1. The summed E-state index contributed by atoms with van der Waals surface area (Å²) in [5.74, 6) is 0.250. The van der Waals surface area contributed by atoms with Crippen LogP contribution in [0.4, 0.5) is 18.9 Å². The molecule has 1 fully saturated rings. The first-order chi connectivity index (χ1) is 24.1.